The number of nitrogens with zero attached hydrogens (tertiary/aromatic N) is 3. The Kier molecular flexibility index (Phi) is 8.59. The molecule has 0 bridgehead atoms. The first-order valence-corrected chi connectivity index (χ1v) is 13.1. The minimum absolute atomic E-state index is 0.130. The fraction of sp³-hybridized carbons (Fsp3) is 0.219. The first-order valence-electron chi connectivity index (χ1n) is 13.1. The Bertz CT molecular complexity index is 1520. The van der Waals surface area contributed by atoms with Crippen LogP contribution in [-0.4, -0.2) is 39.0 Å². The molecule has 1 N–H and O–H groups in total. The van der Waals surface area contributed by atoms with Crippen molar-refractivity contribution in [3.05, 3.63) is 120 Å². The van der Waals surface area contributed by atoms with E-state index in [9.17, 15) is 9.50 Å². The number of ether oxygens (including phenoxy) is 2. The van der Waals surface area contributed by atoms with Gasteiger partial charge in [-0.1, -0.05) is 54.6 Å². The van der Waals surface area contributed by atoms with Crippen LogP contribution in [0.3, 0.4) is 0 Å². The van der Waals surface area contributed by atoms with Crippen molar-refractivity contribution in [2.75, 3.05) is 13.2 Å². The monoisotopic (exact) mass is 541 g/mol. The fourth-order valence-corrected chi connectivity index (χ4v) is 4.58. The van der Waals surface area contributed by atoms with Crippen molar-refractivity contribution in [2.24, 2.45) is 7.05 Å². The Morgan fingerprint density at radius 3 is 2.52 bits per heavy atom. The molecule has 0 spiro atoms. The Hall–Kier alpha value is -4.40. The highest BCUT2D eigenvalue weighted by atomic mass is 19.1. The van der Waals surface area contributed by atoms with Crippen LogP contribution >= 0.6 is 0 Å². The summed E-state index contributed by atoms with van der Waals surface area (Å²) in [7, 11) is 1.80. The number of aromatic nitrogens is 2. The van der Waals surface area contributed by atoms with Crippen molar-refractivity contribution in [2.45, 2.75) is 26.1 Å². The van der Waals surface area contributed by atoms with E-state index in [2.05, 4.69) is 4.90 Å². The first kappa shape index (κ1) is 27.2. The van der Waals surface area contributed by atoms with Crippen LogP contribution in [0.5, 0.6) is 17.4 Å². The second-order valence-electron chi connectivity index (χ2n) is 9.66. The third kappa shape index (κ3) is 6.77. The molecule has 0 amide bonds. The summed E-state index contributed by atoms with van der Waals surface area (Å²) in [4.78, 5) is 2.06. The van der Waals surface area contributed by atoms with Crippen LogP contribution in [0.4, 0.5) is 4.39 Å². The number of hydrogen-bond donors (Lipinski definition) is 1. The third-order valence-electron chi connectivity index (χ3n) is 6.48. The highest BCUT2D eigenvalue weighted by molar-refractivity contribution is 5.65. The quantitative estimate of drug-likeness (QED) is 0.198. The molecule has 1 unspecified atom stereocenters. The lowest BCUT2D eigenvalue weighted by Gasteiger charge is -2.25. The summed E-state index contributed by atoms with van der Waals surface area (Å²) >= 11 is 0. The van der Waals surface area contributed by atoms with Gasteiger partial charge in [0, 0.05) is 31.8 Å². The predicted molar refractivity (Wildman–Crippen MR) is 151 cm³/mol. The Morgan fingerprint density at radius 2 is 1.77 bits per heavy atom. The molecule has 1 atom stereocenters. The maximum Gasteiger partial charge on any atom is 0.222 e. The van der Waals surface area contributed by atoms with Crippen LogP contribution in [0.1, 0.15) is 16.9 Å². The fourth-order valence-electron chi connectivity index (χ4n) is 4.58. The zero-order valence-electron chi connectivity index (χ0n) is 22.5. The average Bonchev–Trinajstić information content (AvgIpc) is 3.57. The average molecular weight is 542 g/mol. The van der Waals surface area contributed by atoms with Crippen LogP contribution in [0.2, 0.25) is 0 Å². The maximum atomic E-state index is 14.0. The van der Waals surface area contributed by atoms with Gasteiger partial charge in [0.25, 0.3) is 0 Å². The Labute approximate surface area is 233 Å². The largest absolute Gasteiger partial charge is 0.491 e. The SMILES string of the molecule is Cc1ccccc1OCC(O)CN(Cc1ccco1)Cc1c(-c2ccccc2)nn(C)c1Oc1cccc(F)c1. The van der Waals surface area contributed by atoms with E-state index < -0.39 is 6.10 Å². The molecule has 7 nitrogen and oxygen atoms in total. The molecule has 2 heterocycles. The summed E-state index contributed by atoms with van der Waals surface area (Å²) in [6, 6.07) is 27.3. The van der Waals surface area contributed by atoms with Crippen LogP contribution in [0, 0.1) is 12.7 Å². The Morgan fingerprint density at radius 1 is 0.975 bits per heavy atom. The van der Waals surface area contributed by atoms with Gasteiger partial charge in [-0.15, -0.1) is 0 Å². The van der Waals surface area contributed by atoms with Crippen molar-refractivity contribution in [1.29, 1.82) is 0 Å². The van der Waals surface area contributed by atoms with E-state index in [1.807, 2.05) is 73.7 Å². The van der Waals surface area contributed by atoms with Crippen molar-refractivity contribution >= 4 is 0 Å². The van der Waals surface area contributed by atoms with Crippen molar-refractivity contribution < 1.29 is 23.4 Å². The van der Waals surface area contributed by atoms with E-state index in [0.29, 0.717) is 31.3 Å². The van der Waals surface area contributed by atoms with E-state index >= 15 is 0 Å². The molecule has 0 aliphatic carbocycles. The summed E-state index contributed by atoms with van der Waals surface area (Å²) in [5, 5.41) is 15.8. The number of aliphatic hydroxyl groups is 1. The lowest BCUT2D eigenvalue weighted by Crippen LogP contribution is -2.35. The maximum absolute atomic E-state index is 14.0. The molecule has 8 heteroatoms. The van der Waals surface area contributed by atoms with E-state index in [-0.39, 0.29) is 12.4 Å². The summed E-state index contributed by atoms with van der Waals surface area (Å²) in [5.41, 5.74) is 3.47. The highest BCUT2D eigenvalue weighted by Crippen LogP contribution is 2.34. The lowest BCUT2D eigenvalue weighted by atomic mass is 10.1. The van der Waals surface area contributed by atoms with E-state index in [0.717, 1.165) is 33.9 Å². The number of halogens is 1. The topological polar surface area (TPSA) is 72.9 Å². The zero-order valence-corrected chi connectivity index (χ0v) is 22.5. The van der Waals surface area contributed by atoms with E-state index in [4.69, 9.17) is 19.0 Å². The molecule has 2 aromatic heterocycles. The molecular weight excluding hydrogens is 509 g/mol. The molecule has 0 aliphatic rings. The molecule has 0 saturated carbocycles. The summed E-state index contributed by atoms with van der Waals surface area (Å²) in [5.74, 6) is 1.96. The number of furan rings is 1. The number of benzene rings is 3. The van der Waals surface area contributed by atoms with Gasteiger partial charge in [0.05, 0.1) is 18.4 Å². The summed E-state index contributed by atoms with van der Waals surface area (Å²) < 4.78 is 33.4. The molecule has 40 heavy (non-hydrogen) atoms. The number of aryl methyl sites for hydroxylation is 2. The number of hydrogen-bond acceptors (Lipinski definition) is 6. The second kappa shape index (κ2) is 12.6. The minimum atomic E-state index is -0.779. The molecule has 3 aromatic carbocycles. The van der Waals surface area contributed by atoms with Gasteiger partial charge in [0.2, 0.25) is 5.88 Å². The number of para-hydroxylation sites is 1. The lowest BCUT2D eigenvalue weighted by molar-refractivity contribution is 0.0600. The molecule has 0 aliphatic heterocycles. The van der Waals surface area contributed by atoms with Crippen LogP contribution in [-0.2, 0) is 20.1 Å². The van der Waals surface area contributed by atoms with Crippen molar-refractivity contribution in [3.8, 4) is 28.6 Å². The first-order chi connectivity index (χ1) is 19.5. The molecular formula is C32H32FN3O4. The van der Waals surface area contributed by atoms with Gasteiger partial charge in [-0.25, -0.2) is 9.07 Å². The van der Waals surface area contributed by atoms with Gasteiger partial charge in [-0.05, 0) is 42.8 Å². The van der Waals surface area contributed by atoms with Crippen molar-refractivity contribution in [1.82, 2.24) is 14.7 Å². The van der Waals surface area contributed by atoms with Gasteiger partial charge in [0.1, 0.15) is 41.5 Å². The van der Waals surface area contributed by atoms with Crippen LogP contribution in [0.25, 0.3) is 11.3 Å². The molecule has 5 aromatic rings. The molecule has 0 saturated heterocycles. The highest BCUT2D eigenvalue weighted by Gasteiger charge is 2.24. The second-order valence-corrected chi connectivity index (χ2v) is 9.66. The smallest absolute Gasteiger partial charge is 0.222 e. The molecule has 0 radical (unpaired) electrons. The molecule has 0 fully saturated rings. The zero-order chi connectivity index (χ0) is 27.9. The van der Waals surface area contributed by atoms with Gasteiger partial charge >= 0.3 is 0 Å². The Balaban J connectivity index is 1.44. The molecule has 5 rings (SSSR count). The standard InChI is InChI=1S/C32H32FN3O4/c1-23-10-6-7-16-30(23)39-22-26(37)19-36(20-28-15-9-17-38-28)21-29-31(24-11-4-3-5-12-24)34-35(2)32(29)40-27-14-8-13-25(33)18-27/h3-18,26,37H,19-22H2,1-2H3. The minimum Gasteiger partial charge on any atom is -0.491 e. The summed E-state index contributed by atoms with van der Waals surface area (Å²) in [6.45, 7) is 3.22. The van der Waals surface area contributed by atoms with E-state index in [1.54, 1.807) is 30.1 Å². The van der Waals surface area contributed by atoms with Gasteiger partial charge < -0.3 is 19.0 Å². The number of aliphatic hydroxyl groups excluding tert-OH is 1. The normalized spacial score (nSPS) is 12.0. The third-order valence-corrected chi connectivity index (χ3v) is 6.48. The van der Waals surface area contributed by atoms with Gasteiger partial charge in [-0.3, -0.25) is 4.90 Å². The van der Waals surface area contributed by atoms with Crippen LogP contribution in [0.15, 0.2) is 102 Å². The van der Waals surface area contributed by atoms with Crippen molar-refractivity contribution in [3.63, 3.8) is 0 Å². The van der Waals surface area contributed by atoms with Crippen LogP contribution < -0.4 is 9.47 Å². The number of rotatable bonds is 12. The molecule has 206 valence electrons. The van der Waals surface area contributed by atoms with Gasteiger partial charge in [-0.2, -0.15) is 5.10 Å². The predicted octanol–water partition coefficient (Wildman–Crippen LogP) is 6.36. The van der Waals surface area contributed by atoms with Gasteiger partial charge in [0.15, 0.2) is 0 Å². The summed E-state index contributed by atoms with van der Waals surface area (Å²) in [6.07, 6.45) is 0.849. The van der Waals surface area contributed by atoms with E-state index in [1.165, 1.54) is 12.1 Å².